The van der Waals surface area contributed by atoms with Crippen molar-refractivity contribution in [3.8, 4) is 34.3 Å². The monoisotopic (exact) mass is 637 g/mol. The van der Waals surface area contributed by atoms with Gasteiger partial charge in [-0.1, -0.05) is 36.4 Å². The molecule has 0 fully saturated rings. The van der Waals surface area contributed by atoms with Crippen LogP contribution in [-0.2, 0) is 22.6 Å². The highest BCUT2D eigenvalue weighted by Crippen LogP contribution is 2.35. The first kappa shape index (κ1) is 32.1. The van der Waals surface area contributed by atoms with Crippen LogP contribution in [0, 0.1) is 0 Å². The van der Waals surface area contributed by atoms with Crippen LogP contribution in [0.2, 0.25) is 0 Å². The molecule has 1 aromatic heterocycles. The van der Waals surface area contributed by atoms with E-state index in [1.54, 1.807) is 68.7 Å². The Morgan fingerprint density at radius 2 is 1.43 bits per heavy atom. The summed E-state index contributed by atoms with van der Waals surface area (Å²) in [6.45, 7) is 0.0987. The number of nitrogens with zero attached hydrogens (tertiary/aromatic N) is 2. The molecule has 5 rings (SSSR count). The maximum atomic E-state index is 14.3. The molecule has 0 aliphatic rings. The Morgan fingerprint density at radius 3 is 2.07 bits per heavy atom. The van der Waals surface area contributed by atoms with E-state index >= 15 is 0 Å². The Bertz CT molecular complexity index is 1760. The highest BCUT2D eigenvalue weighted by molar-refractivity contribution is 7.09. The molecule has 1 N–H and O–H groups in total. The van der Waals surface area contributed by atoms with E-state index in [1.807, 2.05) is 60.0 Å². The van der Waals surface area contributed by atoms with Crippen molar-refractivity contribution in [1.82, 2.24) is 9.88 Å². The van der Waals surface area contributed by atoms with E-state index in [0.29, 0.717) is 33.5 Å². The summed E-state index contributed by atoms with van der Waals surface area (Å²) >= 11 is 1.43. The second-order valence-corrected chi connectivity index (χ2v) is 11.2. The van der Waals surface area contributed by atoms with E-state index in [0.717, 1.165) is 22.6 Å². The van der Waals surface area contributed by atoms with Crippen LogP contribution in [0.3, 0.4) is 0 Å². The number of hydrogen-bond donors (Lipinski definition) is 1. The van der Waals surface area contributed by atoms with Crippen LogP contribution in [0.1, 0.15) is 22.2 Å². The van der Waals surface area contributed by atoms with Crippen LogP contribution >= 0.6 is 11.3 Å². The van der Waals surface area contributed by atoms with Crippen LogP contribution in [0.15, 0.2) is 102 Å². The standard InChI is InChI=1S/C36H35N3O6S/c1-42-28-15-10-25(11-16-28)30-23-46-33(38-30)22-39(34(40)20-24-8-6-5-7-9-24)35(26-12-19-31(44-3)32(21-26)45-4)36(41)37-27-13-17-29(43-2)18-14-27/h5-19,21,23,35H,20,22H2,1-4H3,(H,37,41). The second kappa shape index (κ2) is 15.1. The van der Waals surface area contributed by atoms with Gasteiger partial charge in [0.2, 0.25) is 5.91 Å². The maximum absolute atomic E-state index is 14.3. The van der Waals surface area contributed by atoms with Gasteiger partial charge in [-0.2, -0.15) is 0 Å². The van der Waals surface area contributed by atoms with Gasteiger partial charge in [-0.3, -0.25) is 9.59 Å². The van der Waals surface area contributed by atoms with Crippen molar-refractivity contribution < 1.29 is 28.5 Å². The van der Waals surface area contributed by atoms with Crippen molar-refractivity contribution in [1.29, 1.82) is 0 Å². The van der Waals surface area contributed by atoms with Crippen LogP contribution < -0.4 is 24.3 Å². The summed E-state index contributed by atoms with van der Waals surface area (Å²) in [4.78, 5) is 34.9. The molecule has 0 aliphatic carbocycles. The number of aromatic nitrogens is 1. The summed E-state index contributed by atoms with van der Waals surface area (Å²) in [5.74, 6) is 1.71. The third kappa shape index (κ3) is 7.65. The Kier molecular flexibility index (Phi) is 10.5. The van der Waals surface area contributed by atoms with Crippen LogP contribution in [0.25, 0.3) is 11.3 Å². The molecule has 5 aromatic rings. The molecule has 0 bridgehead atoms. The van der Waals surface area contributed by atoms with Gasteiger partial charge in [0.1, 0.15) is 22.5 Å². The number of carbonyl (C=O) groups is 2. The van der Waals surface area contributed by atoms with Gasteiger partial charge in [-0.15, -0.1) is 11.3 Å². The molecule has 0 saturated heterocycles. The van der Waals surface area contributed by atoms with Crippen molar-refractivity contribution in [2.24, 2.45) is 0 Å². The van der Waals surface area contributed by atoms with Gasteiger partial charge in [-0.25, -0.2) is 4.98 Å². The largest absolute Gasteiger partial charge is 0.497 e. The minimum absolute atomic E-state index is 0.0944. The summed E-state index contributed by atoms with van der Waals surface area (Å²) in [7, 11) is 6.28. The summed E-state index contributed by atoms with van der Waals surface area (Å²) in [5.41, 5.74) is 3.62. The van der Waals surface area contributed by atoms with Crippen LogP contribution in [0.4, 0.5) is 5.69 Å². The van der Waals surface area contributed by atoms with Crippen LogP contribution in [0.5, 0.6) is 23.0 Å². The summed E-state index contributed by atoms with van der Waals surface area (Å²) < 4.78 is 21.6. The van der Waals surface area contributed by atoms with E-state index in [2.05, 4.69) is 5.32 Å². The van der Waals surface area contributed by atoms with Crippen molar-refractivity contribution in [3.05, 3.63) is 119 Å². The minimum Gasteiger partial charge on any atom is -0.497 e. The topological polar surface area (TPSA) is 99.2 Å². The predicted octanol–water partition coefficient (Wildman–Crippen LogP) is 6.80. The molecule has 0 aliphatic heterocycles. The van der Waals surface area contributed by atoms with Gasteiger partial charge in [0.25, 0.3) is 5.91 Å². The Labute approximate surface area is 272 Å². The number of anilines is 1. The maximum Gasteiger partial charge on any atom is 0.251 e. The molecule has 236 valence electrons. The van der Waals surface area contributed by atoms with Crippen molar-refractivity contribution in [3.63, 3.8) is 0 Å². The van der Waals surface area contributed by atoms with Gasteiger partial charge in [-0.05, 0) is 71.8 Å². The Balaban J connectivity index is 1.55. The fourth-order valence-electron chi connectivity index (χ4n) is 5.00. The highest BCUT2D eigenvalue weighted by Gasteiger charge is 2.33. The number of benzene rings is 4. The Hall–Kier alpha value is -5.35. The number of methoxy groups -OCH3 is 4. The first-order valence-corrected chi connectivity index (χ1v) is 15.4. The first-order valence-electron chi connectivity index (χ1n) is 14.5. The van der Waals surface area contributed by atoms with Gasteiger partial charge in [0.05, 0.1) is 47.1 Å². The quantitative estimate of drug-likeness (QED) is 0.152. The molecule has 10 heteroatoms. The zero-order chi connectivity index (χ0) is 32.5. The second-order valence-electron chi connectivity index (χ2n) is 10.3. The molecule has 0 saturated carbocycles. The van der Waals surface area contributed by atoms with Gasteiger partial charge in [0, 0.05) is 16.6 Å². The minimum atomic E-state index is -1.04. The third-order valence-corrected chi connectivity index (χ3v) is 8.24. The SMILES string of the molecule is COc1ccc(NC(=O)C(c2ccc(OC)c(OC)c2)N(Cc2nc(-c3ccc(OC)cc3)cs2)C(=O)Cc2ccccc2)cc1. The average Bonchev–Trinajstić information content (AvgIpc) is 3.57. The molecule has 46 heavy (non-hydrogen) atoms. The zero-order valence-corrected chi connectivity index (χ0v) is 26.9. The van der Waals surface area contributed by atoms with E-state index < -0.39 is 11.9 Å². The number of hydrogen-bond acceptors (Lipinski definition) is 8. The molecular formula is C36H35N3O6S. The molecule has 1 unspecified atom stereocenters. The highest BCUT2D eigenvalue weighted by atomic mass is 32.1. The lowest BCUT2D eigenvalue weighted by Gasteiger charge is -2.31. The van der Waals surface area contributed by atoms with E-state index in [9.17, 15) is 9.59 Å². The summed E-state index contributed by atoms with van der Waals surface area (Å²) in [6.07, 6.45) is 0.0944. The van der Waals surface area contributed by atoms with Gasteiger partial charge >= 0.3 is 0 Å². The molecule has 1 heterocycles. The smallest absolute Gasteiger partial charge is 0.251 e. The molecular weight excluding hydrogens is 602 g/mol. The number of amides is 2. The van der Waals surface area contributed by atoms with E-state index in [4.69, 9.17) is 23.9 Å². The number of thiazole rings is 1. The number of rotatable bonds is 13. The molecule has 0 radical (unpaired) electrons. The molecule has 9 nitrogen and oxygen atoms in total. The van der Waals surface area contributed by atoms with Crippen molar-refractivity contribution in [2.75, 3.05) is 33.8 Å². The Morgan fingerprint density at radius 1 is 0.783 bits per heavy atom. The molecule has 4 aromatic carbocycles. The van der Waals surface area contributed by atoms with E-state index in [-0.39, 0.29) is 18.9 Å². The van der Waals surface area contributed by atoms with Gasteiger partial charge < -0.3 is 29.2 Å². The normalized spacial score (nSPS) is 11.3. The first-order chi connectivity index (χ1) is 22.4. The lowest BCUT2D eigenvalue weighted by molar-refractivity contribution is -0.139. The number of carbonyl (C=O) groups excluding carboxylic acids is 2. The summed E-state index contributed by atoms with van der Waals surface area (Å²) in [6, 6.07) is 28.3. The fourth-order valence-corrected chi connectivity index (χ4v) is 5.80. The van der Waals surface area contributed by atoms with Crippen molar-refractivity contribution >= 4 is 28.8 Å². The van der Waals surface area contributed by atoms with E-state index in [1.165, 1.54) is 18.4 Å². The average molecular weight is 638 g/mol. The predicted molar refractivity (Wildman–Crippen MR) is 179 cm³/mol. The van der Waals surface area contributed by atoms with Crippen molar-refractivity contribution in [2.45, 2.75) is 19.0 Å². The summed E-state index contributed by atoms with van der Waals surface area (Å²) in [5, 5.41) is 5.62. The lowest BCUT2D eigenvalue weighted by atomic mass is 10.0. The third-order valence-electron chi connectivity index (χ3n) is 7.40. The number of nitrogens with one attached hydrogen (secondary N) is 1. The lowest BCUT2D eigenvalue weighted by Crippen LogP contribution is -2.41. The molecule has 1 atom stereocenters. The van der Waals surface area contributed by atoms with Crippen LogP contribution in [-0.4, -0.2) is 50.1 Å². The van der Waals surface area contributed by atoms with Gasteiger partial charge in [0.15, 0.2) is 11.5 Å². The zero-order valence-electron chi connectivity index (χ0n) is 26.1. The fraction of sp³-hybridized carbons (Fsp3) is 0.194. The number of ether oxygens (including phenoxy) is 4. The molecule has 2 amide bonds. The molecule has 0 spiro atoms.